The molecule has 0 radical (unpaired) electrons. The average Bonchev–Trinajstić information content (AvgIpc) is 3.27. The molecule has 1 aromatic carbocycles. The summed E-state index contributed by atoms with van der Waals surface area (Å²) in [6.07, 6.45) is 2.43. The molecule has 1 aliphatic heterocycles. The highest BCUT2D eigenvalue weighted by atomic mass is 16.4. The molecule has 0 aliphatic carbocycles. The molecule has 1 aliphatic rings. The first-order chi connectivity index (χ1) is 13.3. The molecule has 4 rings (SSSR count). The van der Waals surface area contributed by atoms with Crippen LogP contribution in [0.25, 0.3) is 21.9 Å². The van der Waals surface area contributed by atoms with Crippen molar-refractivity contribution in [3.05, 3.63) is 45.0 Å². The SMILES string of the molecule is Cc1coc2c(C)c3oc(=O)c(CC(=O)N4CCC[C@@H]4C(=O)[O-])c(C)c3cc12. The number of carbonyl (C=O) groups excluding carboxylic acids is 2. The van der Waals surface area contributed by atoms with Gasteiger partial charge >= 0.3 is 5.63 Å². The summed E-state index contributed by atoms with van der Waals surface area (Å²) in [6, 6.07) is 0.971. The number of fused-ring (bicyclic) bond motifs is 2. The highest BCUT2D eigenvalue weighted by Crippen LogP contribution is 2.32. The summed E-state index contributed by atoms with van der Waals surface area (Å²) >= 11 is 0. The maximum atomic E-state index is 12.7. The van der Waals surface area contributed by atoms with Gasteiger partial charge < -0.3 is 23.6 Å². The van der Waals surface area contributed by atoms with E-state index in [1.54, 1.807) is 13.2 Å². The van der Waals surface area contributed by atoms with Crippen molar-refractivity contribution in [3.63, 3.8) is 0 Å². The first-order valence-electron chi connectivity index (χ1n) is 9.23. The highest BCUT2D eigenvalue weighted by molar-refractivity contribution is 6.00. The Hall–Kier alpha value is -3.09. The Kier molecular flexibility index (Phi) is 4.25. The van der Waals surface area contributed by atoms with Gasteiger partial charge in [-0.2, -0.15) is 0 Å². The fraction of sp³-hybridized carbons (Fsp3) is 0.381. The number of carboxylic acid groups (broad SMARTS) is 1. The first-order valence-corrected chi connectivity index (χ1v) is 9.23. The highest BCUT2D eigenvalue weighted by Gasteiger charge is 2.30. The van der Waals surface area contributed by atoms with Crippen LogP contribution in [-0.4, -0.2) is 29.4 Å². The van der Waals surface area contributed by atoms with Gasteiger partial charge in [0.1, 0.15) is 11.2 Å². The lowest BCUT2D eigenvalue weighted by molar-refractivity contribution is -0.310. The van der Waals surface area contributed by atoms with Crippen LogP contribution in [0.15, 0.2) is 26.0 Å². The van der Waals surface area contributed by atoms with Crippen LogP contribution >= 0.6 is 0 Å². The summed E-state index contributed by atoms with van der Waals surface area (Å²) in [5, 5.41) is 12.9. The summed E-state index contributed by atoms with van der Waals surface area (Å²) in [7, 11) is 0. The maximum Gasteiger partial charge on any atom is 0.340 e. The van der Waals surface area contributed by atoms with Crippen LogP contribution in [0.5, 0.6) is 0 Å². The van der Waals surface area contributed by atoms with E-state index in [0.717, 1.165) is 21.9 Å². The Morgan fingerprint density at radius 1 is 1.18 bits per heavy atom. The number of nitrogens with zero attached hydrogens (tertiary/aromatic N) is 1. The van der Waals surface area contributed by atoms with E-state index in [1.807, 2.05) is 19.9 Å². The van der Waals surface area contributed by atoms with Gasteiger partial charge in [0.25, 0.3) is 0 Å². The summed E-state index contributed by atoms with van der Waals surface area (Å²) in [6.45, 7) is 5.89. The number of benzene rings is 1. The number of aryl methyl sites for hydroxylation is 3. The molecular weight excluding hydrogens is 362 g/mol. The van der Waals surface area contributed by atoms with Crippen molar-refractivity contribution in [3.8, 4) is 0 Å². The lowest BCUT2D eigenvalue weighted by Crippen LogP contribution is -2.47. The zero-order chi connectivity index (χ0) is 20.2. The quantitative estimate of drug-likeness (QED) is 0.639. The Balaban J connectivity index is 1.80. The predicted molar refractivity (Wildman–Crippen MR) is 99.9 cm³/mol. The van der Waals surface area contributed by atoms with Gasteiger partial charge in [0.05, 0.1) is 30.3 Å². The van der Waals surface area contributed by atoms with Crippen LogP contribution in [0.3, 0.4) is 0 Å². The smallest absolute Gasteiger partial charge is 0.340 e. The molecule has 1 atom stereocenters. The molecule has 0 saturated carbocycles. The molecule has 0 bridgehead atoms. The Morgan fingerprint density at radius 3 is 2.64 bits per heavy atom. The number of hydrogen-bond acceptors (Lipinski definition) is 6. The van der Waals surface area contributed by atoms with Gasteiger partial charge in [-0.15, -0.1) is 0 Å². The zero-order valence-electron chi connectivity index (χ0n) is 16.0. The van der Waals surface area contributed by atoms with E-state index in [1.165, 1.54) is 4.90 Å². The molecule has 0 spiro atoms. The summed E-state index contributed by atoms with van der Waals surface area (Å²) < 4.78 is 11.1. The van der Waals surface area contributed by atoms with Crippen LogP contribution in [0, 0.1) is 20.8 Å². The van der Waals surface area contributed by atoms with Crippen molar-refractivity contribution >= 4 is 33.8 Å². The molecule has 1 fully saturated rings. The van der Waals surface area contributed by atoms with E-state index in [2.05, 4.69) is 0 Å². The van der Waals surface area contributed by atoms with Crippen molar-refractivity contribution in [2.45, 2.75) is 46.1 Å². The molecule has 28 heavy (non-hydrogen) atoms. The van der Waals surface area contributed by atoms with Gasteiger partial charge in [-0.05, 0) is 50.8 Å². The van der Waals surface area contributed by atoms with Gasteiger partial charge in [0, 0.05) is 22.9 Å². The van der Waals surface area contributed by atoms with Gasteiger partial charge in [0.15, 0.2) is 0 Å². The summed E-state index contributed by atoms with van der Waals surface area (Å²) in [5.74, 6) is -1.67. The zero-order valence-corrected chi connectivity index (χ0v) is 16.0. The van der Waals surface area contributed by atoms with Crippen molar-refractivity contribution in [2.24, 2.45) is 0 Å². The number of likely N-dealkylation sites (tertiary alicyclic amines) is 1. The minimum atomic E-state index is -1.26. The average molecular weight is 382 g/mol. The molecule has 1 amide bonds. The number of hydrogen-bond donors (Lipinski definition) is 0. The molecular formula is C21H20NO6-. The second-order valence-electron chi connectivity index (χ2n) is 7.41. The molecule has 0 unspecified atom stereocenters. The van der Waals surface area contributed by atoms with Crippen molar-refractivity contribution in [1.29, 1.82) is 0 Å². The van der Waals surface area contributed by atoms with E-state index in [-0.39, 0.29) is 12.0 Å². The van der Waals surface area contributed by atoms with E-state index < -0.39 is 23.5 Å². The molecule has 7 heteroatoms. The molecule has 2 aromatic heterocycles. The topological polar surface area (TPSA) is 104 Å². The number of carbonyl (C=O) groups is 2. The Bertz CT molecular complexity index is 1190. The molecule has 146 valence electrons. The number of aliphatic carboxylic acids is 1. The van der Waals surface area contributed by atoms with Crippen LogP contribution < -0.4 is 10.7 Å². The number of rotatable bonds is 3. The minimum Gasteiger partial charge on any atom is -0.548 e. The van der Waals surface area contributed by atoms with Gasteiger partial charge in [-0.1, -0.05) is 0 Å². The fourth-order valence-corrected chi connectivity index (χ4v) is 4.09. The van der Waals surface area contributed by atoms with E-state index in [0.29, 0.717) is 36.1 Å². The lowest BCUT2D eigenvalue weighted by atomic mass is 9.99. The van der Waals surface area contributed by atoms with E-state index in [4.69, 9.17) is 8.83 Å². The monoisotopic (exact) mass is 382 g/mol. The molecule has 3 aromatic rings. The van der Waals surface area contributed by atoms with Crippen molar-refractivity contribution < 1.29 is 23.5 Å². The lowest BCUT2D eigenvalue weighted by Gasteiger charge is -2.25. The standard InChI is InChI=1S/C21H21NO6/c1-10-9-27-18-12(3)19-14(7-13(10)18)11(2)15(21(26)28-19)8-17(23)22-6-4-5-16(22)20(24)25/h7,9,16H,4-6,8H2,1-3H3,(H,24,25)/p-1/t16-/m1/s1. The van der Waals surface area contributed by atoms with Crippen LogP contribution in [0.2, 0.25) is 0 Å². The van der Waals surface area contributed by atoms with Crippen LogP contribution in [-0.2, 0) is 16.0 Å². The Morgan fingerprint density at radius 2 is 1.93 bits per heavy atom. The fourth-order valence-electron chi connectivity index (χ4n) is 4.09. The number of amides is 1. The van der Waals surface area contributed by atoms with Gasteiger partial charge in [0.2, 0.25) is 5.91 Å². The number of furan rings is 1. The largest absolute Gasteiger partial charge is 0.548 e. The predicted octanol–water partition coefficient (Wildman–Crippen LogP) is 1.75. The molecule has 7 nitrogen and oxygen atoms in total. The maximum absolute atomic E-state index is 12.7. The van der Waals surface area contributed by atoms with Crippen LogP contribution in [0.4, 0.5) is 0 Å². The minimum absolute atomic E-state index is 0.199. The normalized spacial score (nSPS) is 17.0. The van der Waals surface area contributed by atoms with E-state index >= 15 is 0 Å². The molecule has 0 N–H and O–H groups in total. The first kappa shape index (κ1) is 18.3. The Labute approximate surface area is 160 Å². The third kappa shape index (κ3) is 2.69. The summed E-state index contributed by atoms with van der Waals surface area (Å²) in [4.78, 5) is 37.9. The molecule has 1 saturated heterocycles. The summed E-state index contributed by atoms with van der Waals surface area (Å²) in [5.41, 5.74) is 3.14. The van der Waals surface area contributed by atoms with Crippen molar-refractivity contribution in [1.82, 2.24) is 4.90 Å². The third-order valence-electron chi connectivity index (χ3n) is 5.71. The van der Waals surface area contributed by atoms with Gasteiger partial charge in [-0.25, -0.2) is 4.79 Å². The molecule has 3 heterocycles. The second-order valence-corrected chi connectivity index (χ2v) is 7.41. The van der Waals surface area contributed by atoms with E-state index in [9.17, 15) is 19.5 Å². The van der Waals surface area contributed by atoms with Crippen LogP contribution in [0.1, 0.15) is 35.1 Å². The van der Waals surface area contributed by atoms with Crippen molar-refractivity contribution in [2.75, 3.05) is 6.54 Å². The number of carboxylic acids is 1. The third-order valence-corrected chi connectivity index (χ3v) is 5.71. The second kappa shape index (κ2) is 6.51. The van der Waals surface area contributed by atoms with Gasteiger partial charge in [-0.3, -0.25) is 4.79 Å².